The summed E-state index contributed by atoms with van der Waals surface area (Å²) in [4.78, 5) is 0. The van der Waals surface area contributed by atoms with Gasteiger partial charge in [-0.3, -0.25) is 0 Å². The quantitative estimate of drug-likeness (QED) is 0.644. The van der Waals surface area contributed by atoms with Crippen LogP contribution in [0, 0.1) is 0 Å². The smallest absolute Gasteiger partial charge is 0.387 e. The minimum absolute atomic E-state index is 0.0690. The molecule has 1 unspecified atom stereocenters. The van der Waals surface area contributed by atoms with E-state index in [1.54, 1.807) is 30.3 Å². The number of hydrogen-bond acceptors (Lipinski definition) is 4. The zero-order chi connectivity index (χ0) is 19.8. The van der Waals surface area contributed by atoms with Crippen LogP contribution in [0.3, 0.4) is 0 Å². The molecule has 1 aliphatic heterocycles. The lowest BCUT2D eigenvalue weighted by Gasteiger charge is -2.30. The lowest BCUT2D eigenvalue weighted by Crippen LogP contribution is -2.17. The molecule has 3 rings (SSSR count). The van der Waals surface area contributed by atoms with Gasteiger partial charge in [0.15, 0.2) is 0 Å². The summed E-state index contributed by atoms with van der Waals surface area (Å²) in [5.41, 5.74) is 2.06. The monoisotopic (exact) mass is 459 g/mol. The number of sulfonamides is 1. The molecule has 0 bridgehead atoms. The second-order valence-corrected chi connectivity index (χ2v) is 8.55. The van der Waals surface area contributed by atoms with E-state index in [2.05, 4.69) is 27.2 Å². The lowest BCUT2D eigenvalue weighted by molar-refractivity contribution is -0.0496. The molecular formula is C18H16BrF2NO4S. The Balaban J connectivity index is 2.22. The van der Waals surface area contributed by atoms with Crippen LogP contribution in [0.15, 0.2) is 47.5 Å². The maximum atomic E-state index is 12.9. The van der Waals surface area contributed by atoms with Crippen molar-refractivity contribution in [1.82, 2.24) is 0 Å². The molecule has 2 aromatic carbocycles. The third-order valence-electron chi connectivity index (χ3n) is 4.00. The Morgan fingerprint density at radius 2 is 2.07 bits per heavy atom. The van der Waals surface area contributed by atoms with Crippen LogP contribution in [0.1, 0.15) is 23.7 Å². The van der Waals surface area contributed by atoms with Crippen molar-refractivity contribution in [1.29, 1.82) is 0 Å². The van der Waals surface area contributed by atoms with E-state index in [0.717, 1.165) is 5.56 Å². The summed E-state index contributed by atoms with van der Waals surface area (Å²) in [6.45, 7) is 0.692. The van der Waals surface area contributed by atoms with Gasteiger partial charge in [0.25, 0.3) is 0 Å². The second-order valence-electron chi connectivity index (χ2n) is 6.02. The molecule has 0 saturated heterocycles. The van der Waals surface area contributed by atoms with Crippen molar-refractivity contribution in [3.63, 3.8) is 0 Å². The van der Waals surface area contributed by atoms with Crippen LogP contribution in [0.5, 0.6) is 11.5 Å². The Hall–Kier alpha value is -1.97. The fourth-order valence-electron chi connectivity index (χ4n) is 3.07. The standard InChI is InChI=1S/C18H16BrF2NO4S/c1-2-3-14-12-5-4-10(9-27(22,23)24)6-13(12)17-15(25-14)7-11(19)8-16(17)26-18(20)21/h2,4-8,14,18H,1,3,9H2,(H2,22,23,24). The highest BCUT2D eigenvalue weighted by molar-refractivity contribution is 9.10. The van der Waals surface area contributed by atoms with Crippen molar-refractivity contribution in [2.24, 2.45) is 5.14 Å². The van der Waals surface area contributed by atoms with Gasteiger partial charge in [0, 0.05) is 16.5 Å². The first kappa shape index (κ1) is 19.8. The van der Waals surface area contributed by atoms with Gasteiger partial charge >= 0.3 is 6.61 Å². The van der Waals surface area contributed by atoms with E-state index in [1.807, 2.05) is 0 Å². The molecule has 5 nitrogen and oxygen atoms in total. The van der Waals surface area contributed by atoms with Gasteiger partial charge in [-0.1, -0.05) is 34.1 Å². The second kappa shape index (κ2) is 7.57. The van der Waals surface area contributed by atoms with Crippen LogP contribution in [0.4, 0.5) is 8.78 Å². The van der Waals surface area contributed by atoms with E-state index in [0.29, 0.717) is 33.3 Å². The maximum Gasteiger partial charge on any atom is 0.387 e. The summed E-state index contributed by atoms with van der Waals surface area (Å²) in [6, 6.07) is 8.02. The topological polar surface area (TPSA) is 78.6 Å². The van der Waals surface area contributed by atoms with Gasteiger partial charge < -0.3 is 9.47 Å². The number of benzene rings is 2. The highest BCUT2D eigenvalue weighted by Crippen LogP contribution is 2.50. The van der Waals surface area contributed by atoms with Gasteiger partial charge in [0.05, 0.1) is 11.3 Å². The Morgan fingerprint density at radius 1 is 1.33 bits per heavy atom. The highest BCUT2D eigenvalue weighted by Gasteiger charge is 2.30. The van der Waals surface area contributed by atoms with Crippen molar-refractivity contribution >= 4 is 26.0 Å². The zero-order valence-electron chi connectivity index (χ0n) is 14.0. The SMILES string of the molecule is C=CCC1Oc2cc(Br)cc(OC(F)F)c2-c2cc(CS(N)(=O)=O)ccc21. The zero-order valence-corrected chi connectivity index (χ0v) is 16.4. The van der Waals surface area contributed by atoms with E-state index in [1.165, 1.54) is 6.07 Å². The first-order valence-electron chi connectivity index (χ1n) is 7.87. The number of nitrogens with two attached hydrogens (primary N) is 1. The van der Waals surface area contributed by atoms with Crippen molar-refractivity contribution in [3.05, 3.63) is 58.6 Å². The summed E-state index contributed by atoms with van der Waals surface area (Å²) in [5.74, 6) is -0.0861. The maximum absolute atomic E-state index is 12.9. The number of rotatable bonds is 6. The number of hydrogen-bond donors (Lipinski definition) is 1. The third-order valence-corrected chi connectivity index (χ3v) is 5.19. The fourth-order valence-corrected chi connectivity index (χ4v) is 4.13. The first-order chi connectivity index (χ1) is 12.7. The van der Waals surface area contributed by atoms with E-state index in [4.69, 9.17) is 9.88 Å². The van der Waals surface area contributed by atoms with Crippen molar-refractivity contribution in [2.45, 2.75) is 24.9 Å². The molecule has 0 radical (unpaired) electrons. The van der Waals surface area contributed by atoms with E-state index >= 15 is 0 Å². The molecule has 1 atom stereocenters. The third kappa shape index (κ3) is 4.48. The highest BCUT2D eigenvalue weighted by atomic mass is 79.9. The predicted molar refractivity (Wildman–Crippen MR) is 101 cm³/mol. The largest absolute Gasteiger partial charge is 0.485 e. The molecule has 27 heavy (non-hydrogen) atoms. The van der Waals surface area contributed by atoms with Gasteiger partial charge in [0.2, 0.25) is 10.0 Å². The van der Waals surface area contributed by atoms with Crippen LogP contribution in [-0.4, -0.2) is 15.0 Å². The van der Waals surface area contributed by atoms with Crippen LogP contribution in [0.25, 0.3) is 11.1 Å². The normalized spacial score (nSPS) is 15.7. The van der Waals surface area contributed by atoms with E-state index in [-0.39, 0.29) is 17.6 Å². The molecular weight excluding hydrogens is 444 g/mol. The number of ether oxygens (including phenoxy) is 2. The van der Waals surface area contributed by atoms with Crippen LogP contribution >= 0.6 is 15.9 Å². The number of halogens is 3. The van der Waals surface area contributed by atoms with Gasteiger partial charge in [-0.15, -0.1) is 6.58 Å². The molecule has 0 spiro atoms. The van der Waals surface area contributed by atoms with Gasteiger partial charge in [-0.25, -0.2) is 13.6 Å². The molecule has 0 saturated carbocycles. The summed E-state index contributed by atoms with van der Waals surface area (Å²) in [6.07, 6.45) is 1.78. The van der Waals surface area contributed by atoms with Crippen LogP contribution < -0.4 is 14.6 Å². The van der Waals surface area contributed by atoms with Gasteiger partial charge in [-0.2, -0.15) is 8.78 Å². The van der Waals surface area contributed by atoms with E-state index in [9.17, 15) is 17.2 Å². The number of alkyl halides is 2. The van der Waals surface area contributed by atoms with Crippen molar-refractivity contribution in [2.75, 3.05) is 0 Å². The first-order valence-corrected chi connectivity index (χ1v) is 10.4. The molecule has 144 valence electrons. The Labute approximate surface area is 164 Å². The average Bonchev–Trinajstić information content (AvgIpc) is 2.52. The molecule has 0 aliphatic carbocycles. The van der Waals surface area contributed by atoms with Crippen LogP contribution in [-0.2, 0) is 15.8 Å². The van der Waals surface area contributed by atoms with Crippen LogP contribution in [0.2, 0.25) is 0 Å². The molecule has 2 aromatic rings. The van der Waals surface area contributed by atoms with Gasteiger partial charge in [-0.05, 0) is 29.3 Å². The minimum Gasteiger partial charge on any atom is -0.485 e. The fraction of sp³-hybridized carbons (Fsp3) is 0.222. The van der Waals surface area contributed by atoms with Crippen molar-refractivity contribution < 1.29 is 26.7 Å². The number of fused-ring (bicyclic) bond motifs is 3. The summed E-state index contributed by atoms with van der Waals surface area (Å²) >= 11 is 3.26. The molecule has 0 amide bonds. The minimum atomic E-state index is -3.75. The van der Waals surface area contributed by atoms with E-state index < -0.39 is 16.6 Å². The lowest BCUT2D eigenvalue weighted by atomic mass is 9.89. The molecule has 9 heteroatoms. The van der Waals surface area contributed by atoms with Crippen molar-refractivity contribution in [3.8, 4) is 22.6 Å². The number of primary sulfonamides is 1. The Bertz CT molecular complexity index is 995. The summed E-state index contributed by atoms with van der Waals surface area (Å²) in [5, 5.41) is 5.13. The molecule has 0 aromatic heterocycles. The van der Waals surface area contributed by atoms with Gasteiger partial charge in [0.1, 0.15) is 17.6 Å². The summed E-state index contributed by atoms with van der Waals surface area (Å²) < 4.78 is 59.9. The molecule has 1 heterocycles. The molecule has 1 aliphatic rings. The predicted octanol–water partition coefficient (Wildman–Crippen LogP) is 4.52. The summed E-state index contributed by atoms with van der Waals surface area (Å²) in [7, 11) is -3.75. The Morgan fingerprint density at radius 3 is 2.70 bits per heavy atom. The molecule has 0 fully saturated rings. The Kier molecular flexibility index (Phi) is 5.55. The molecule has 2 N–H and O–H groups in total. The average molecular weight is 460 g/mol.